The molecule has 0 bridgehead atoms. The second-order valence-electron chi connectivity index (χ2n) is 4.72. The van der Waals surface area contributed by atoms with E-state index < -0.39 is 18.8 Å². The minimum absolute atomic E-state index is 0.0780. The first-order chi connectivity index (χ1) is 9.74. The SMILES string of the molecule is CCCC(N)C(=O)Nc1cccc(OCC(F)(F)F)c1C. The molecule has 1 aromatic carbocycles. The van der Waals surface area contributed by atoms with Crippen LogP contribution in [0.5, 0.6) is 5.75 Å². The van der Waals surface area contributed by atoms with Gasteiger partial charge in [0.2, 0.25) is 5.91 Å². The van der Waals surface area contributed by atoms with Crippen molar-refractivity contribution in [1.29, 1.82) is 0 Å². The summed E-state index contributed by atoms with van der Waals surface area (Å²) in [5, 5.41) is 2.61. The second kappa shape index (κ2) is 7.31. The minimum Gasteiger partial charge on any atom is -0.484 e. The van der Waals surface area contributed by atoms with Crippen LogP contribution in [0.15, 0.2) is 18.2 Å². The molecule has 1 atom stereocenters. The van der Waals surface area contributed by atoms with Crippen LogP contribution in [0, 0.1) is 6.92 Å². The van der Waals surface area contributed by atoms with Gasteiger partial charge in [-0.15, -0.1) is 0 Å². The van der Waals surface area contributed by atoms with E-state index in [1.54, 1.807) is 13.0 Å². The standard InChI is InChI=1S/C14H19F3N2O2/c1-3-5-10(18)13(20)19-11-6-4-7-12(9(11)2)21-8-14(15,16)17/h4,6-7,10H,3,5,8,18H2,1-2H3,(H,19,20). The van der Waals surface area contributed by atoms with E-state index in [0.717, 1.165) is 6.42 Å². The Morgan fingerprint density at radius 3 is 2.67 bits per heavy atom. The predicted molar refractivity (Wildman–Crippen MR) is 74.2 cm³/mol. The number of nitrogens with two attached hydrogens (primary N) is 1. The average Bonchev–Trinajstić information content (AvgIpc) is 2.39. The molecule has 1 amide bonds. The predicted octanol–water partition coefficient (Wildman–Crippen LogP) is 3.00. The maximum absolute atomic E-state index is 12.2. The van der Waals surface area contributed by atoms with Crippen LogP contribution in [0.3, 0.4) is 0 Å². The van der Waals surface area contributed by atoms with Gasteiger partial charge in [0.05, 0.1) is 6.04 Å². The number of amides is 1. The quantitative estimate of drug-likeness (QED) is 0.849. The largest absolute Gasteiger partial charge is 0.484 e. The molecule has 0 heterocycles. The highest BCUT2D eigenvalue weighted by Gasteiger charge is 2.28. The monoisotopic (exact) mass is 304 g/mol. The molecule has 0 aliphatic carbocycles. The Hall–Kier alpha value is -1.76. The summed E-state index contributed by atoms with van der Waals surface area (Å²) in [4.78, 5) is 11.8. The maximum atomic E-state index is 12.2. The van der Waals surface area contributed by atoms with Crippen LogP contribution in [0.25, 0.3) is 0 Å². The van der Waals surface area contributed by atoms with E-state index in [2.05, 4.69) is 5.32 Å². The average molecular weight is 304 g/mol. The van der Waals surface area contributed by atoms with Crippen molar-refractivity contribution < 1.29 is 22.7 Å². The van der Waals surface area contributed by atoms with Crippen LogP contribution < -0.4 is 15.8 Å². The van der Waals surface area contributed by atoms with Crippen LogP contribution in [0.1, 0.15) is 25.3 Å². The third-order valence-electron chi connectivity index (χ3n) is 2.87. The molecule has 0 radical (unpaired) electrons. The minimum atomic E-state index is -4.41. The molecule has 0 saturated heterocycles. The van der Waals surface area contributed by atoms with Crippen LogP contribution in [-0.4, -0.2) is 24.7 Å². The van der Waals surface area contributed by atoms with Gasteiger partial charge in [-0.25, -0.2) is 0 Å². The van der Waals surface area contributed by atoms with Gasteiger partial charge >= 0.3 is 6.18 Å². The highest BCUT2D eigenvalue weighted by Crippen LogP contribution is 2.27. The van der Waals surface area contributed by atoms with Crippen molar-refractivity contribution in [3.05, 3.63) is 23.8 Å². The van der Waals surface area contributed by atoms with E-state index in [9.17, 15) is 18.0 Å². The lowest BCUT2D eigenvalue weighted by Gasteiger charge is -2.16. The number of anilines is 1. The summed E-state index contributed by atoms with van der Waals surface area (Å²) >= 11 is 0. The number of benzene rings is 1. The molecule has 7 heteroatoms. The summed E-state index contributed by atoms with van der Waals surface area (Å²) in [6.07, 6.45) is -3.10. The number of nitrogens with one attached hydrogen (secondary N) is 1. The number of carbonyl (C=O) groups excluding carboxylic acids is 1. The molecule has 1 aromatic rings. The molecule has 0 fully saturated rings. The van der Waals surface area contributed by atoms with Crippen molar-refractivity contribution in [2.45, 2.75) is 38.9 Å². The Labute approximate surface area is 121 Å². The number of rotatable bonds is 6. The Morgan fingerprint density at radius 1 is 1.43 bits per heavy atom. The van der Waals surface area contributed by atoms with Gasteiger partial charge in [-0.05, 0) is 25.5 Å². The first kappa shape index (κ1) is 17.3. The second-order valence-corrected chi connectivity index (χ2v) is 4.72. The summed E-state index contributed by atoms with van der Waals surface area (Å²) in [6, 6.07) is 3.88. The highest BCUT2D eigenvalue weighted by molar-refractivity contribution is 5.95. The molecule has 0 aromatic heterocycles. The molecule has 21 heavy (non-hydrogen) atoms. The zero-order chi connectivity index (χ0) is 16.0. The van der Waals surface area contributed by atoms with Crippen molar-refractivity contribution in [3.63, 3.8) is 0 Å². The first-order valence-corrected chi connectivity index (χ1v) is 6.60. The van der Waals surface area contributed by atoms with E-state index >= 15 is 0 Å². The molecular weight excluding hydrogens is 285 g/mol. The number of halogens is 3. The van der Waals surface area contributed by atoms with Crippen LogP contribution in [0.2, 0.25) is 0 Å². The van der Waals surface area contributed by atoms with E-state index in [1.807, 2.05) is 6.92 Å². The fourth-order valence-electron chi connectivity index (χ4n) is 1.73. The summed E-state index contributed by atoms with van der Waals surface area (Å²) < 4.78 is 41.2. The Kier molecular flexibility index (Phi) is 6.02. The Morgan fingerprint density at radius 2 is 2.10 bits per heavy atom. The third-order valence-corrected chi connectivity index (χ3v) is 2.87. The molecule has 0 spiro atoms. The van der Waals surface area contributed by atoms with E-state index in [-0.39, 0.29) is 11.7 Å². The van der Waals surface area contributed by atoms with Crippen LogP contribution in [0.4, 0.5) is 18.9 Å². The van der Waals surface area contributed by atoms with Gasteiger partial charge in [-0.3, -0.25) is 4.79 Å². The zero-order valence-electron chi connectivity index (χ0n) is 12.0. The van der Waals surface area contributed by atoms with Gasteiger partial charge in [0.1, 0.15) is 5.75 Å². The third kappa shape index (κ3) is 5.63. The molecular formula is C14H19F3N2O2. The van der Waals surface area contributed by atoms with E-state index in [1.165, 1.54) is 12.1 Å². The number of carbonyl (C=O) groups is 1. The molecule has 4 nitrogen and oxygen atoms in total. The van der Waals surface area contributed by atoms with Crippen molar-refractivity contribution in [2.24, 2.45) is 5.73 Å². The Bertz CT molecular complexity index is 490. The number of hydrogen-bond acceptors (Lipinski definition) is 3. The normalized spacial score (nSPS) is 12.9. The lowest BCUT2D eigenvalue weighted by Crippen LogP contribution is -2.35. The number of hydrogen-bond donors (Lipinski definition) is 2. The van der Waals surface area contributed by atoms with Gasteiger partial charge in [0.15, 0.2) is 6.61 Å². The van der Waals surface area contributed by atoms with Gasteiger partial charge in [-0.1, -0.05) is 19.4 Å². The van der Waals surface area contributed by atoms with E-state index in [4.69, 9.17) is 10.5 Å². The number of ether oxygens (including phenoxy) is 1. The molecule has 3 N–H and O–H groups in total. The fourth-order valence-corrected chi connectivity index (χ4v) is 1.73. The molecule has 0 saturated carbocycles. The van der Waals surface area contributed by atoms with Crippen molar-refractivity contribution in [1.82, 2.24) is 0 Å². The van der Waals surface area contributed by atoms with E-state index in [0.29, 0.717) is 17.7 Å². The van der Waals surface area contributed by atoms with Gasteiger partial charge < -0.3 is 15.8 Å². The van der Waals surface area contributed by atoms with Crippen LogP contribution >= 0.6 is 0 Å². The van der Waals surface area contributed by atoms with Crippen molar-refractivity contribution in [3.8, 4) is 5.75 Å². The van der Waals surface area contributed by atoms with Gasteiger partial charge in [0.25, 0.3) is 0 Å². The number of alkyl halides is 3. The van der Waals surface area contributed by atoms with Crippen molar-refractivity contribution in [2.75, 3.05) is 11.9 Å². The van der Waals surface area contributed by atoms with Gasteiger partial charge in [0, 0.05) is 11.3 Å². The molecule has 0 aliphatic heterocycles. The summed E-state index contributed by atoms with van der Waals surface area (Å²) in [7, 11) is 0. The first-order valence-electron chi connectivity index (χ1n) is 6.60. The molecule has 118 valence electrons. The summed E-state index contributed by atoms with van der Waals surface area (Å²) in [6.45, 7) is 2.11. The Balaban J connectivity index is 2.78. The zero-order valence-corrected chi connectivity index (χ0v) is 12.0. The topological polar surface area (TPSA) is 64.4 Å². The smallest absolute Gasteiger partial charge is 0.422 e. The highest BCUT2D eigenvalue weighted by atomic mass is 19.4. The summed E-state index contributed by atoms with van der Waals surface area (Å²) in [5.74, 6) is -0.290. The molecule has 0 aliphatic rings. The van der Waals surface area contributed by atoms with Crippen molar-refractivity contribution >= 4 is 11.6 Å². The maximum Gasteiger partial charge on any atom is 0.422 e. The molecule has 1 rings (SSSR count). The van der Waals surface area contributed by atoms with Gasteiger partial charge in [-0.2, -0.15) is 13.2 Å². The molecule has 1 unspecified atom stereocenters. The van der Waals surface area contributed by atoms with Crippen LogP contribution in [-0.2, 0) is 4.79 Å². The lowest BCUT2D eigenvalue weighted by molar-refractivity contribution is -0.153. The fraction of sp³-hybridized carbons (Fsp3) is 0.500. The summed E-state index contributed by atoms with van der Waals surface area (Å²) in [5.41, 5.74) is 6.51. The lowest BCUT2D eigenvalue weighted by atomic mass is 10.1.